The Labute approximate surface area is 154 Å². The van der Waals surface area contributed by atoms with Crippen molar-refractivity contribution in [2.45, 2.75) is 0 Å². The smallest absolute Gasteiger partial charge is 0.335 e. The number of carbonyl (C=O) groups is 1. The van der Waals surface area contributed by atoms with Crippen molar-refractivity contribution in [3.8, 4) is 23.0 Å². The minimum atomic E-state index is -1.13. The van der Waals surface area contributed by atoms with Gasteiger partial charge in [0.15, 0.2) is 0 Å². The highest BCUT2D eigenvalue weighted by Gasteiger charge is 2.11. The molecule has 0 saturated carbocycles. The van der Waals surface area contributed by atoms with Gasteiger partial charge in [0.2, 0.25) is 0 Å². The molecule has 3 aromatic carbocycles. The molecule has 0 spiro atoms. The summed E-state index contributed by atoms with van der Waals surface area (Å²) in [6.07, 6.45) is 0. The van der Waals surface area contributed by atoms with E-state index in [0.29, 0.717) is 34.2 Å². The van der Waals surface area contributed by atoms with Gasteiger partial charge in [-0.05, 0) is 24.3 Å². The van der Waals surface area contributed by atoms with Crippen molar-refractivity contribution in [1.82, 2.24) is 0 Å². The van der Waals surface area contributed by atoms with Crippen LogP contribution in [0.2, 0.25) is 0 Å². The minimum absolute atomic E-state index is 0.0174. The fourth-order valence-corrected chi connectivity index (χ4v) is 2.50. The molecule has 0 unspecified atom stereocenters. The predicted molar refractivity (Wildman–Crippen MR) is 104 cm³/mol. The average molecular weight is 366 g/mol. The van der Waals surface area contributed by atoms with Crippen LogP contribution in [-0.4, -0.2) is 11.1 Å². The van der Waals surface area contributed by atoms with Crippen LogP contribution in [-0.2, 0) is 0 Å². The van der Waals surface area contributed by atoms with E-state index in [4.69, 9.17) is 32.4 Å². The van der Waals surface area contributed by atoms with Gasteiger partial charge in [-0.15, -0.1) is 0 Å². The van der Waals surface area contributed by atoms with Crippen LogP contribution in [0.25, 0.3) is 0 Å². The minimum Gasteiger partial charge on any atom is -0.478 e. The summed E-state index contributed by atoms with van der Waals surface area (Å²) in [6, 6.07) is 13.7. The monoisotopic (exact) mass is 366 g/mol. The highest BCUT2D eigenvalue weighted by molar-refractivity contribution is 5.88. The van der Waals surface area contributed by atoms with Crippen LogP contribution >= 0.6 is 0 Å². The summed E-state index contributed by atoms with van der Waals surface area (Å²) in [6.45, 7) is 0. The molecule has 9 N–H and O–H groups in total. The van der Waals surface area contributed by atoms with Gasteiger partial charge >= 0.3 is 5.97 Å². The molecule has 8 heteroatoms. The summed E-state index contributed by atoms with van der Waals surface area (Å²) in [5, 5.41) is 9.35. The van der Waals surface area contributed by atoms with Gasteiger partial charge in [-0.25, -0.2) is 4.79 Å². The van der Waals surface area contributed by atoms with E-state index in [0.717, 1.165) is 0 Å². The Morgan fingerprint density at radius 1 is 0.593 bits per heavy atom. The van der Waals surface area contributed by atoms with E-state index in [1.165, 1.54) is 18.2 Å². The predicted octanol–water partition coefficient (Wildman–Crippen LogP) is 3.30. The first-order chi connectivity index (χ1) is 12.8. The Morgan fingerprint density at radius 3 is 1.26 bits per heavy atom. The molecular formula is C19H18N4O4. The Balaban J connectivity index is 1.96. The van der Waals surface area contributed by atoms with Crippen molar-refractivity contribution >= 4 is 28.7 Å². The van der Waals surface area contributed by atoms with Crippen molar-refractivity contribution in [2.24, 2.45) is 0 Å². The number of ether oxygens (including phenoxy) is 2. The molecule has 3 aromatic rings. The highest BCUT2D eigenvalue weighted by atomic mass is 16.5. The maximum absolute atomic E-state index is 11.4. The van der Waals surface area contributed by atoms with Crippen molar-refractivity contribution < 1.29 is 19.4 Å². The maximum Gasteiger partial charge on any atom is 0.335 e. The maximum atomic E-state index is 11.4. The summed E-state index contributed by atoms with van der Waals surface area (Å²) >= 11 is 0. The molecule has 0 heterocycles. The van der Waals surface area contributed by atoms with Gasteiger partial charge < -0.3 is 37.5 Å². The molecule has 0 bridgehead atoms. The molecule has 0 aromatic heterocycles. The first kappa shape index (κ1) is 17.7. The summed E-state index contributed by atoms with van der Waals surface area (Å²) in [4.78, 5) is 11.4. The summed E-state index contributed by atoms with van der Waals surface area (Å²) in [7, 11) is 0. The summed E-state index contributed by atoms with van der Waals surface area (Å²) in [5.74, 6) is 0.0893. The zero-order valence-corrected chi connectivity index (χ0v) is 14.2. The van der Waals surface area contributed by atoms with Gasteiger partial charge in [-0.1, -0.05) is 0 Å². The van der Waals surface area contributed by atoms with Gasteiger partial charge in [-0.2, -0.15) is 0 Å². The van der Waals surface area contributed by atoms with Crippen molar-refractivity contribution in [3.63, 3.8) is 0 Å². The van der Waals surface area contributed by atoms with Crippen LogP contribution in [0.3, 0.4) is 0 Å². The quantitative estimate of drug-likeness (QED) is 0.430. The number of anilines is 4. The number of benzene rings is 3. The first-order valence-electron chi connectivity index (χ1n) is 7.85. The standard InChI is InChI=1S/C19H18N4O4/c20-11-3-12(21)6-17(5-11)26-15-1-10(19(24)25)2-16(9-15)27-18-7-13(22)4-14(23)8-18/h1-9H,20-23H2,(H,24,25). The first-order valence-corrected chi connectivity index (χ1v) is 7.85. The molecule has 0 atom stereocenters. The van der Waals surface area contributed by atoms with Crippen molar-refractivity contribution in [2.75, 3.05) is 22.9 Å². The van der Waals surface area contributed by atoms with Gasteiger partial charge in [0, 0.05) is 53.1 Å². The average Bonchev–Trinajstić information content (AvgIpc) is 2.52. The van der Waals surface area contributed by atoms with E-state index >= 15 is 0 Å². The number of hydrogen-bond donors (Lipinski definition) is 5. The second-order valence-corrected chi connectivity index (χ2v) is 5.87. The van der Waals surface area contributed by atoms with Crippen LogP contribution in [0.4, 0.5) is 22.7 Å². The number of hydrogen-bond acceptors (Lipinski definition) is 7. The lowest BCUT2D eigenvalue weighted by Crippen LogP contribution is -1.99. The number of carboxylic acid groups (broad SMARTS) is 1. The van der Waals surface area contributed by atoms with Gasteiger partial charge in [0.25, 0.3) is 0 Å². The molecule has 0 aliphatic carbocycles. The normalized spacial score (nSPS) is 10.4. The lowest BCUT2D eigenvalue weighted by Gasteiger charge is -2.12. The third-order valence-electron chi connectivity index (χ3n) is 3.50. The molecule has 27 heavy (non-hydrogen) atoms. The Bertz CT molecular complexity index is 908. The van der Waals surface area contributed by atoms with E-state index in [-0.39, 0.29) is 17.1 Å². The molecule has 3 rings (SSSR count). The van der Waals surface area contributed by atoms with Crippen LogP contribution in [0, 0.1) is 0 Å². The summed E-state index contributed by atoms with van der Waals surface area (Å²) in [5.41, 5.74) is 24.7. The van der Waals surface area contributed by atoms with Crippen LogP contribution in [0.5, 0.6) is 23.0 Å². The van der Waals surface area contributed by atoms with Crippen molar-refractivity contribution in [3.05, 3.63) is 60.2 Å². The van der Waals surface area contributed by atoms with Crippen LogP contribution in [0.1, 0.15) is 10.4 Å². The van der Waals surface area contributed by atoms with Crippen LogP contribution in [0.15, 0.2) is 54.6 Å². The van der Waals surface area contributed by atoms with E-state index in [1.54, 1.807) is 36.4 Å². The Kier molecular flexibility index (Phi) is 4.63. The number of aromatic carboxylic acids is 1. The van der Waals surface area contributed by atoms with Crippen molar-refractivity contribution in [1.29, 1.82) is 0 Å². The Morgan fingerprint density at radius 2 is 0.926 bits per heavy atom. The van der Waals surface area contributed by atoms with Crippen LogP contribution < -0.4 is 32.4 Å². The number of nitrogen functional groups attached to an aromatic ring is 4. The molecule has 0 saturated heterocycles. The highest BCUT2D eigenvalue weighted by Crippen LogP contribution is 2.33. The SMILES string of the molecule is Nc1cc(N)cc(Oc2cc(Oc3cc(N)cc(N)c3)cc(C(=O)O)c2)c1. The molecule has 8 nitrogen and oxygen atoms in total. The number of carboxylic acids is 1. The van der Waals surface area contributed by atoms with E-state index in [9.17, 15) is 9.90 Å². The molecule has 0 aliphatic heterocycles. The Hall–Kier alpha value is -4.07. The van der Waals surface area contributed by atoms with E-state index in [1.807, 2.05) is 0 Å². The lowest BCUT2D eigenvalue weighted by atomic mass is 10.2. The second-order valence-electron chi connectivity index (χ2n) is 5.87. The van der Waals surface area contributed by atoms with E-state index in [2.05, 4.69) is 0 Å². The number of rotatable bonds is 5. The van der Waals surface area contributed by atoms with Gasteiger partial charge in [0.1, 0.15) is 23.0 Å². The second kappa shape index (κ2) is 7.04. The molecular weight excluding hydrogens is 348 g/mol. The fourth-order valence-electron chi connectivity index (χ4n) is 2.50. The molecule has 0 aliphatic rings. The zero-order valence-electron chi connectivity index (χ0n) is 14.2. The molecule has 138 valence electrons. The fraction of sp³-hybridized carbons (Fsp3) is 0. The number of nitrogens with two attached hydrogens (primary N) is 4. The summed E-state index contributed by atoms with van der Waals surface area (Å²) < 4.78 is 11.4. The molecule has 0 radical (unpaired) electrons. The third kappa shape index (κ3) is 4.51. The lowest BCUT2D eigenvalue weighted by molar-refractivity contribution is 0.0696. The topological polar surface area (TPSA) is 160 Å². The molecule has 0 fully saturated rings. The van der Waals surface area contributed by atoms with Gasteiger partial charge in [0.05, 0.1) is 5.56 Å². The largest absolute Gasteiger partial charge is 0.478 e. The zero-order chi connectivity index (χ0) is 19.6. The third-order valence-corrected chi connectivity index (χ3v) is 3.50. The molecule has 0 amide bonds. The van der Waals surface area contributed by atoms with E-state index < -0.39 is 5.97 Å². The van der Waals surface area contributed by atoms with Gasteiger partial charge in [-0.3, -0.25) is 0 Å².